The quantitative estimate of drug-likeness (QED) is 0.732. The summed E-state index contributed by atoms with van der Waals surface area (Å²) in [5.74, 6) is 0.0948. The predicted octanol–water partition coefficient (Wildman–Crippen LogP) is 2.63. The van der Waals surface area contributed by atoms with E-state index < -0.39 is 0 Å². The first kappa shape index (κ1) is 18.2. The molecule has 1 heterocycles. The van der Waals surface area contributed by atoms with Gasteiger partial charge in [-0.25, -0.2) is 0 Å². The average molecular weight is 324 g/mol. The Kier molecular flexibility index (Phi) is 7.86. The van der Waals surface area contributed by atoms with Gasteiger partial charge >= 0.3 is 0 Å². The van der Waals surface area contributed by atoms with Crippen molar-refractivity contribution < 1.29 is 14.3 Å². The lowest BCUT2D eigenvalue weighted by atomic mass is 10.1. The van der Waals surface area contributed by atoms with Crippen molar-refractivity contribution in [3.05, 3.63) is 0 Å². The molecule has 0 aromatic carbocycles. The van der Waals surface area contributed by atoms with Crippen LogP contribution in [0.25, 0.3) is 0 Å². The van der Waals surface area contributed by atoms with Crippen LogP contribution in [0.3, 0.4) is 0 Å². The highest BCUT2D eigenvalue weighted by molar-refractivity contribution is 5.83. The molecule has 2 aliphatic rings. The molecule has 2 rings (SSSR count). The summed E-state index contributed by atoms with van der Waals surface area (Å²) in [5, 5.41) is 3.11. The summed E-state index contributed by atoms with van der Waals surface area (Å²) >= 11 is 0. The third-order valence-corrected chi connectivity index (χ3v) is 4.97. The molecule has 1 unspecified atom stereocenters. The van der Waals surface area contributed by atoms with Crippen LogP contribution in [-0.4, -0.2) is 48.6 Å². The van der Waals surface area contributed by atoms with E-state index in [1.807, 2.05) is 11.8 Å². The van der Waals surface area contributed by atoms with Crippen molar-refractivity contribution in [2.45, 2.75) is 83.3 Å². The Morgan fingerprint density at radius 2 is 1.78 bits per heavy atom. The standard InChI is InChI=1S/C18H32N2O3/c1-2-20(14-16-10-7-13-23-16)18(22)12-11-17(21)19-15-8-5-3-4-6-9-15/h15-16H,2-14H2,1H3,(H,19,21). The molecule has 5 nitrogen and oxygen atoms in total. The van der Waals surface area contributed by atoms with Crippen LogP contribution in [0, 0.1) is 0 Å². The lowest BCUT2D eigenvalue weighted by molar-refractivity contribution is -0.134. The van der Waals surface area contributed by atoms with Crippen molar-refractivity contribution in [1.82, 2.24) is 10.2 Å². The maximum absolute atomic E-state index is 12.3. The second-order valence-corrected chi connectivity index (χ2v) is 6.82. The molecule has 132 valence electrons. The van der Waals surface area contributed by atoms with Crippen LogP contribution in [0.4, 0.5) is 0 Å². The van der Waals surface area contributed by atoms with Crippen LogP contribution in [0.2, 0.25) is 0 Å². The number of ether oxygens (including phenoxy) is 1. The first-order chi connectivity index (χ1) is 11.2. The number of hydrogen-bond acceptors (Lipinski definition) is 3. The maximum atomic E-state index is 12.3. The lowest BCUT2D eigenvalue weighted by Crippen LogP contribution is -2.39. The van der Waals surface area contributed by atoms with Crippen LogP contribution in [0.5, 0.6) is 0 Å². The van der Waals surface area contributed by atoms with Gasteiger partial charge in [0.05, 0.1) is 6.10 Å². The number of likely N-dealkylation sites (N-methyl/N-ethyl adjacent to an activating group) is 1. The van der Waals surface area contributed by atoms with Crippen LogP contribution in [0.15, 0.2) is 0 Å². The fourth-order valence-corrected chi connectivity index (χ4v) is 3.54. The van der Waals surface area contributed by atoms with Gasteiger partial charge < -0.3 is 15.0 Å². The number of nitrogens with zero attached hydrogens (tertiary/aromatic N) is 1. The average Bonchev–Trinajstić information content (AvgIpc) is 2.93. The summed E-state index contributed by atoms with van der Waals surface area (Å²) in [5.41, 5.74) is 0. The first-order valence-corrected chi connectivity index (χ1v) is 9.37. The molecule has 1 aliphatic carbocycles. The summed E-state index contributed by atoms with van der Waals surface area (Å²) in [7, 11) is 0. The van der Waals surface area contributed by atoms with Gasteiger partial charge in [-0.05, 0) is 32.6 Å². The molecule has 0 radical (unpaired) electrons. The van der Waals surface area contributed by atoms with Crippen molar-refractivity contribution >= 4 is 11.8 Å². The lowest BCUT2D eigenvalue weighted by Gasteiger charge is -2.24. The van der Waals surface area contributed by atoms with Crippen LogP contribution < -0.4 is 5.32 Å². The van der Waals surface area contributed by atoms with Crippen molar-refractivity contribution in [2.24, 2.45) is 0 Å². The molecule has 1 aliphatic heterocycles. The Labute approximate surface area is 140 Å². The largest absolute Gasteiger partial charge is 0.376 e. The second-order valence-electron chi connectivity index (χ2n) is 6.82. The van der Waals surface area contributed by atoms with Crippen molar-refractivity contribution in [3.63, 3.8) is 0 Å². The SMILES string of the molecule is CCN(CC1CCCO1)C(=O)CCC(=O)NC1CCCCCC1. The maximum Gasteiger partial charge on any atom is 0.223 e. The van der Waals surface area contributed by atoms with E-state index in [2.05, 4.69) is 5.32 Å². The molecule has 0 spiro atoms. The van der Waals surface area contributed by atoms with Gasteiger partial charge in [0.2, 0.25) is 11.8 Å². The zero-order valence-corrected chi connectivity index (χ0v) is 14.5. The molecule has 5 heteroatoms. The molecule has 1 N–H and O–H groups in total. The van der Waals surface area contributed by atoms with Crippen LogP contribution in [0.1, 0.15) is 71.1 Å². The van der Waals surface area contributed by atoms with Gasteiger partial charge in [-0.2, -0.15) is 0 Å². The Balaban J connectivity index is 1.67. The van der Waals surface area contributed by atoms with Gasteiger partial charge in [0.25, 0.3) is 0 Å². The fourth-order valence-electron chi connectivity index (χ4n) is 3.54. The van der Waals surface area contributed by atoms with Crippen molar-refractivity contribution in [2.75, 3.05) is 19.7 Å². The number of carbonyl (C=O) groups excluding carboxylic acids is 2. The van der Waals surface area contributed by atoms with Gasteiger partial charge in [0, 0.05) is 38.6 Å². The zero-order valence-electron chi connectivity index (χ0n) is 14.5. The summed E-state index contributed by atoms with van der Waals surface area (Å²) < 4.78 is 5.60. The molecule has 1 saturated carbocycles. The third kappa shape index (κ3) is 6.50. The second kappa shape index (κ2) is 9.91. The predicted molar refractivity (Wildman–Crippen MR) is 90.1 cm³/mol. The topological polar surface area (TPSA) is 58.6 Å². The summed E-state index contributed by atoms with van der Waals surface area (Å²) in [6, 6.07) is 0.314. The van der Waals surface area contributed by atoms with E-state index in [9.17, 15) is 9.59 Å². The molecule has 2 fully saturated rings. The Morgan fingerprint density at radius 1 is 1.04 bits per heavy atom. The highest BCUT2D eigenvalue weighted by atomic mass is 16.5. The minimum atomic E-state index is 0.0263. The molecule has 0 bridgehead atoms. The Morgan fingerprint density at radius 3 is 2.39 bits per heavy atom. The smallest absolute Gasteiger partial charge is 0.223 e. The van der Waals surface area contributed by atoms with E-state index in [1.54, 1.807) is 0 Å². The summed E-state index contributed by atoms with van der Waals surface area (Å²) in [6.45, 7) is 4.14. The zero-order chi connectivity index (χ0) is 16.5. The number of rotatable bonds is 7. The van der Waals surface area contributed by atoms with E-state index in [0.29, 0.717) is 32.0 Å². The van der Waals surface area contributed by atoms with Gasteiger partial charge in [-0.3, -0.25) is 9.59 Å². The first-order valence-electron chi connectivity index (χ1n) is 9.37. The van der Waals surface area contributed by atoms with Crippen LogP contribution in [-0.2, 0) is 14.3 Å². The van der Waals surface area contributed by atoms with Gasteiger partial charge in [0.15, 0.2) is 0 Å². The minimum absolute atomic E-state index is 0.0263. The molecular weight excluding hydrogens is 292 g/mol. The van der Waals surface area contributed by atoms with E-state index in [-0.39, 0.29) is 17.9 Å². The minimum Gasteiger partial charge on any atom is -0.376 e. The van der Waals surface area contributed by atoms with E-state index in [4.69, 9.17) is 4.74 Å². The third-order valence-electron chi connectivity index (χ3n) is 4.97. The van der Waals surface area contributed by atoms with E-state index >= 15 is 0 Å². The molecule has 2 amide bonds. The van der Waals surface area contributed by atoms with Crippen molar-refractivity contribution in [3.8, 4) is 0 Å². The Hall–Kier alpha value is -1.10. The number of nitrogens with one attached hydrogen (secondary N) is 1. The monoisotopic (exact) mass is 324 g/mol. The fraction of sp³-hybridized carbons (Fsp3) is 0.889. The highest BCUT2D eigenvalue weighted by Gasteiger charge is 2.22. The number of amides is 2. The molecule has 0 aromatic rings. The van der Waals surface area contributed by atoms with Gasteiger partial charge in [-0.1, -0.05) is 25.7 Å². The highest BCUT2D eigenvalue weighted by Crippen LogP contribution is 2.17. The summed E-state index contributed by atoms with van der Waals surface area (Å²) in [6.07, 6.45) is 10.0. The van der Waals surface area contributed by atoms with Gasteiger partial charge in [0.1, 0.15) is 0 Å². The molecule has 0 aromatic heterocycles. The van der Waals surface area contributed by atoms with Crippen LogP contribution >= 0.6 is 0 Å². The van der Waals surface area contributed by atoms with E-state index in [0.717, 1.165) is 32.3 Å². The molecule has 1 saturated heterocycles. The van der Waals surface area contributed by atoms with Gasteiger partial charge in [-0.15, -0.1) is 0 Å². The number of hydrogen-bond donors (Lipinski definition) is 1. The van der Waals surface area contributed by atoms with Crippen molar-refractivity contribution in [1.29, 1.82) is 0 Å². The van der Waals surface area contributed by atoms with E-state index in [1.165, 1.54) is 25.7 Å². The number of carbonyl (C=O) groups is 2. The molecule has 1 atom stereocenters. The molecule has 23 heavy (non-hydrogen) atoms. The normalized spacial score (nSPS) is 22.6. The Bertz CT molecular complexity index is 372. The molecular formula is C18H32N2O3. The summed E-state index contributed by atoms with van der Waals surface area (Å²) in [4.78, 5) is 26.2.